The van der Waals surface area contributed by atoms with Crippen molar-refractivity contribution in [2.75, 3.05) is 5.32 Å². The summed E-state index contributed by atoms with van der Waals surface area (Å²) in [7, 11) is 0. The number of carbonyl (C=O) groups is 2. The summed E-state index contributed by atoms with van der Waals surface area (Å²) in [6.45, 7) is 4.24. The molecule has 2 aromatic rings. The van der Waals surface area contributed by atoms with E-state index in [0.717, 1.165) is 4.90 Å². The Labute approximate surface area is 131 Å². The third-order valence-corrected chi connectivity index (χ3v) is 4.49. The van der Waals surface area contributed by atoms with Gasteiger partial charge in [0, 0.05) is 15.7 Å². The molecular formula is C15H16N2O2S2. The van der Waals surface area contributed by atoms with Gasteiger partial charge >= 0.3 is 0 Å². The fourth-order valence-corrected chi connectivity index (χ4v) is 3.36. The minimum atomic E-state index is -0.546. The molecule has 0 atom stereocenters. The lowest BCUT2D eigenvalue weighted by Crippen LogP contribution is -2.16. The van der Waals surface area contributed by atoms with E-state index >= 15 is 0 Å². The molecule has 0 aliphatic heterocycles. The fraction of sp³-hybridized carbons (Fsp3) is 0.200. The molecule has 0 radical (unpaired) electrons. The average molecular weight is 320 g/mol. The predicted octanol–water partition coefficient (Wildman–Crippen LogP) is 3.60. The highest BCUT2D eigenvalue weighted by Gasteiger charge is 2.13. The number of thioether (sulfide) groups is 1. The molecule has 0 spiro atoms. The zero-order valence-electron chi connectivity index (χ0n) is 11.8. The maximum atomic E-state index is 12.2. The molecule has 2 amide bonds. The minimum absolute atomic E-state index is 0.249. The number of benzene rings is 1. The number of anilines is 1. The Morgan fingerprint density at radius 1 is 1.19 bits per heavy atom. The van der Waals surface area contributed by atoms with Crippen LogP contribution in [0.3, 0.4) is 0 Å². The summed E-state index contributed by atoms with van der Waals surface area (Å²) >= 11 is 3.02. The van der Waals surface area contributed by atoms with E-state index in [1.807, 2.05) is 12.1 Å². The van der Waals surface area contributed by atoms with Crippen LogP contribution in [0.2, 0.25) is 0 Å². The molecule has 0 aliphatic carbocycles. The molecule has 21 heavy (non-hydrogen) atoms. The van der Waals surface area contributed by atoms with E-state index in [2.05, 4.69) is 19.2 Å². The summed E-state index contributed by atoms with van der Waals surface area (Å²) in [5.74, 6) is -0.795. The number of rotatable bonds is 5. The van der Waals surface area contributed by atoms with Crippen molar-refractivity contribution < 1.29 is 9.59 Å². The normalized spacial score (nSPS) is 10.6. The van der Waals surface area contributed by atoms with Crippen molar-refractivity contribution in [2.24, 2.45) is 5.73 Å². The maximum absolute atomic E-state index is 12.2. The maximum Gasteiger partial charge on any atom is 0.256 e. The van der Waals surface area contributed by atoms with Crippen molar-refractivity contribution in [3.63, 3.8) is 0 Å². The largest absolute Gasteiger partial charge is 0.366 e. The van der Waals surface area contributed by atoms with Gasteiger partial charge in [0.1, 0.15) is 5.00 Å². The van der Waals surface area contributed by atoms with Crippen LogP contribution in [-0.4, -0.2) is 17.1 Å². The monoisotopic (exact) mass is 320 g/mol. The standard InChI is InChI=1S/C15H16N2O2S2/c1-9(2)21-11-5-3-10(4-6-11)14(19)17-15-12(13(16)18)7-8-20-15/h3-9H,1-2H3,(H2,16,18)(H,17,19). The zero-order chi connectivity index (χ0) is 15.4. The van der Waals surface area contributed by atoms with E-state index in [-0.39, 0.29) is 5.91 Å². The van der Waals surface area contributed by atoms with Crippen LogP contribution in [0.4, 0.5) is 5.00 Å². The quantitative estimate of drug-likeness (QED) is 0.827. The van der Waals surface area contributed by atoms with Crippen molar-refractivity contribution in [3.05, 3.63) is 46.8 Å². The highest BCUT2D eigenvalue weighted by Crippen LogP contribution is 2.25. The second kappa shape index (κ2) is 6.78. The first-order valence-corrected chi connectivity index (χ1v) is 8.18. The van der Waals surface area contributed by atoms with E-state index in [4.69, 9.17) is 5.73 Å². The van der Waals surface area contributed by atoms with E-state index in [9.17, 15) is 9.59 Å². The molecule has 0 saturated heterocycles. The van der Waals surface area contributed by atoms with Gasteiger partial charge in [0.05, 0.1) is 5.56 Å². The smallest absolute Gasteiger partial charge is 0.256 e. The Morgan fingerprint density at radius 2 is 1.86 bits per heavy atom. The van der Waals surface area contributed by atoms with Crippen molar-refractivity contribution in [2.45, 2.75) is 24.0 Å². The van der Waals surface area contributed by atoms with Crippen LogP contribution in [0, 0.1) is 0 Å². The summed E-state index contributed by atoms with van der Waals surface area (Å²) in [5.41, 5.74) is 6.14. The zero-order valence-corrected chi connectivity index (χ0v) is 13.4. The lowest BCUT2D eigenvalue weighted by Gasteiger charge is -2.07. The molecule has 4 nitrogen and oxygen atoms in total. The van der Waals surface area contributed by atoms with Crippen LogP contribution in [0.1, 0.15) is 34.6 Å². The van der Waals surface area contributed by atoms with Gasteiger partial charge in [0.25, 0.3) is 11.8 Å². The first-order valence-electron chi connectivity index (χ1n) is 6.42. The van der Waals surface area contributed by atoms with E-state index in [1.165, 1.54) is 11.3 Å². The lowest BCUT2D eigenvalue weighted by molar-refractivity contribution is 0.100. The molecule has 1 aromatic carbocycles. The highest BCUT2D eigenvalue weighted by atomic mass is 32.2. The molecule has 6 heteroatoms. The number of nitrogens with two attached hydrogens (primary N) is 1. The number of hydrogen-bond acceptors (Lipinski definition) is 4. The van der Waals surface area contributed by atoms with Crippen molar-refractivity contribution >= 4 is 39.9 Å². The third kappa shape index (κ3) is 4.09. The van der Waals surface area contributed by atoms with Crippen molar-refractivity contribution in [1.82, 2.24) is 0 Å². The summed E-state index contributed by atoms with van der Waals surface area (Å²) in [4.78, 5) is 24.5. The number of nitrogens with one attached hydrogen (secondary N) is 1. The van der Waals surface area contributed by atoms with Gasteiger partial charge in [-0.3, -0.25) is 9.59 Å². The molecular weight excluding hydrogens is 304 g/mol. The number of amides is 2. The van der Waals surface area contributed by atoms with Gasteiger partial charge in [-0.15, -0.1) is 23.1 Å². The van der Waals surface area contributed by atoms with Crippen LogP contribution in [-0.2, 0) is 0 Å². The minimum Gasteiger partial charge on any atom is -0.366 e. The Hall–Kier alpha value is -1.79. The number of hydrogen-bond donors (Lipinski definition) is 2. The summed E-state index contributed by atoms with van der Waals surface area (Å²) in [5, 5.41) is 5.41. The van der Waals surface area contributed by atoms with Crippen LogP contribution in [0.15, 0.2) is 40.6 Å². The van der Waals surface area contributed by atoms with Gasteiger partial charge in [-0.1, -0.05) is 13.8 Å². The number of thiophene rings is 1. The SMILES string of the molecule is CC(C)Sc1ccc(C(=O)Nc2sccc2C(N)=O)cc1. The predicted molar refractivity (Wildman–Crippen MR) is 88.2 cm³/mol. The Bertz CT molecular complexity index is 648. The van der Waals surface area contributed by atoms with Gasteiger partial charge < -0.3 is 11.1 Å². The molecule has 0 unspecified atom stereocenters. The second-order valence-corrected chi connectivity index (χ2v) is 7.24. The molecule has 0 fully saturated rings. The number of primary amides is 1. The van der Waals surface area contributed by atoms with Crippen LogP contribution >= 0.6 is 23.1 Å². The molecule has 0 aliphatic rings. The highest BCUT2D eigenvalue weighted by molar-refractivity contribution is 7.99. The molecule has 1 aromatic heterocycles. The second-order valence-electron chi connectivity index (χ2n) is 4.67. The molecule has 0 saturated carbocycles. The molecule has 0 bridgehead atoms. The Kier molecular flexibility index (Phi) is 5.03. The van der Waals surface area contributed by atoms with E-state index < -0.39 is 5.91 Å². The van der Waals surface area contributed by atoms with Crippen LogP contribution in [0.25, 0.3) is 0 Å². The number of carbonyl (C=O) groups excluding carboxylic acids is 2. The first-order chi connectivity index (χ1) is 9.97. The Balaban J connectivity index is 2.10. The summed E-state index contributed by atoms with van der Waals surface area (Å²) in [6.07, 6.45) is 0. The van der Waals surface area contributed by atoms with Gasteiger partial charge in [0.2, 0.25) is 0 Å². The molecule has 1 heterocycles. The first kappa shape index (κ1) is 15.6. The summed E-state index contributed by atoms with van der Waals surface area (Å²) in [6, 6.07) is 8.99. The van der Waals surface area contributed by atoms with Gasteiger partial charge in [-0.25, -0.2) is 0 Å². The fourth-order valence-electron chi connectivity index (χ4n) is 1.73. The third-order valence-electron chi connectivity index (χ3n) is 2.65. The van der Waals surface area contributed by atoms with Gasteiger partial charge in [-0.05, 0) is 35.7 Å². The van der Waals surface area contributed by atoms with Crippen molar-refractivity contribution in [3.8, 4) is 0 Å². The Morgan fingerprint density at radius 3 is 2.43 bits per heavy atom. The molecule has 110 valence electrons. The van der Waals surface area contributed by atoms with Crippen molar-refractivity contribution in [1.29, 1.82) is 0 Å². The van der Waals surface area contributed by atoms with Gasteiger partial charge in [0.15, 0.2) is 0 Å². The molecule has 3 N–H and O–H groups in total. The lowest BCUT2D eigenvalue weighted by atomic mass is 10.2. The summed E-state index contributed by atoms with van der Waals surface area (Å²) < 4.78 is 0. The average Bonchev–Trinajstić information content (AvgIpc) is 2.87. The van der Waals surface area contributed by atoms with Crippen LogP contribution in [0.5, 0.6) is 0 Å². The molecule has 2 rings (SSSR count). The van der Waals surface area contributed by atoms with E-state index in [0.29, 0.717) is 21.4 Å². The van der Waals surface area contributed by atoms with Crippen LogP contribution < -0.4 is 11.1 Å². The topological polar surface area (TPSA) is 72.2 Å². The van der Waals surface area contributed by atoms with Gasteiger partial charge in [-0.2, -0.15) is 0 Å². The van der Waals surface area contributed by atoms with E-state index in [1.54, 1.807) is 35.3 Å².